The van der Waals surface area contributed by atoms with E-state index < -0.39 is 0 Å². The molecule has 0 saturated heterocycles. The van der Waals surface area contributed by atoms with Gasteiger partial charge >= 0.3 is 0 Å². The van der Waals surface area contributed by atoms with Crippen molar-refractivity contribution in [2.75, 3.05) is 5.32 Å². The van der Waals surface area contributed by atoms with Crippen molar-refractivity contribution < 1.29 is 4.79 Å². The summed E-state index contributed by atoms with van der Waals surface area (Å²) in [4.78, 5) is 19.8. The van der Waals surface area contributed by atoms with E-state index in [1.807, 2.05) is 72.8 Å². The summed E-state index contributed by atoms with van der Waals surface area (Å²) >= 11 is 0. The molecule has 0 aliphatic carbocycles. The van der Waals surface area contributed by atoms with E-state index >= 15 is 0 Å². The summed E-state index contributed by atoms with van der Waals surface area (Å²) in [5.74, 6) is 5.89. The molecule has 124 valence electrons. The first-order valence-electron chi connectivity index (χ1n) is 8.20. The molecule has 2 aromatic carbocycles. The lowest BCUT2D eigenvalue weighted by molar-refractivity contribution is 0.102. The van der Waals surface area contributed by atoms with Crippen LogP contribution < -0.4 is 5.32 Å². The number of rotatable bonds is 2. The SMILES string of the molecule is O=C(Nc1cccc(C#Cc2ccccn2)c1)c1cc2ccccc2[nH]1. The molecule has 0 aliphatic heterocycles. The predicted octanol–water partition coefficient (Wildman–Crippen LogP) is 4.22. The Balaban J connectivity index is 1.53. The van der Waals surface area contributed by atoms with Gasteiger partial charge in [-0.1, -0.05) is 36.3 Å². The van der Waals surface area contributed by atoms with Crippen LogP contribution in [-0.2, 0) is 0 Å². The Bertz CT molecular complexity index is 1100. The van der Waals surface area contributed by atoms with Gasteiger partial charge in [0.1, 0.15) is 11.4 Å². The van der Waals surface area contributed by atoms with Crippen LogP contribution in [0.15, 0.2) is 79.0 Å². The van der Waals surface area contributed by atoms with E-state index in [0.29, 0.717) is 17.1 Å². The molecule has 0 radical (unpaired) electrons. The smallest absolute Gasteiger partial charge is 0.272 e. The van der Waals surface area contributed by atoms with E-state index in [1.165, 1.54) is 0 Å². The minimum atomic E-state index is -0.184. The average Bonchev–Trinajstić information content (AvgIpc) is 3.12. The molecule has 2 heterocycles. The molecular formula is C22H15N3O. The van der Waals surface area contributed by atoms with Crippen LogP contribution in [0.1, 0.15) is 21.7 Å². The fourth-order valence-electron chi connectivity index (χ4n) is 2.64. The fourth-order valence-corrected chi connectivity index (χ4v) is 2.64. The molecule has 0 fully saturated rings. The number of hydrogen-bond acceptors (Lipinski definition) is 2. The monoisotopic (exact) mass is 337 g/mol. The summed E-state index contributed by atoms with van der Waals surface area (Å²) in [5.41, 5.74) is 3.68. The van der Waals surface area contributed by atoms with Gasteiger partial charge in [-0.3, -0.25) is 4.79 Å². The van der Waals surface area contributed by atoms with Crippen molar-refractivity contribution in [3.8, 4) is 11.8 Å². The second-order valence-electron chi connectivity index (χ2n) is 5.77. The Morgan fingerprint density at radius 1 is 0.923 bits per heavy atom. The van der Waals surface area contributed by atoms with Crippen LogP contribution in [0.2, 0.25) is 0 Å². The van der Waals surface area contributed by atoms with Gasteiger partial charge in [-0.15, -0.1) is 0 Å². The highest BCUT2D eigenvalue weighted by molar-refractivity contribution is 6.05. The summed E-state index contributed by atoms with van der Waals surface area (Å²) in [6.45, 7) is 0. The van der Waals surface area contributed by atoms with Gasteiger partial charge < -0.3 is 10.3 Å². The molecule has 4 heteroatoms. The van der Waals surface area contributed by atoms with Crippen LogP contribution in [0.4, 0.5) is 5.69 Å². The van der Waals surface area contributed by atoms with Gasteiger partial charge in [0, 0.05) is 28.4 Å². The second kappa shape index (κ2) is 6.96. The van der Waals surface area contributed by atoms with Crippen molar-refractivity contribution in [3.63, 3.8) is 0 Å². The van der Waals surface area contributed by atoms with Crippen molar-refractivity contribution in [2.45, 2.75) is 0 Å². The van der Waals surface area contributed by atoms with E-state index in [0.717, 1.165) is 16.5 Å². The zero-order valence-corrected chi connectivity index (χ0v) is 13.9. The second-order valence-corrected chi connectivity index (χ2v) is 5.77. The fraction of sp³-hybridized carbons (Fsp3) is 0. The molecule has 0 saturated carbocycles. The normalized spacial score (nSPS) is 10.2. The summed E-state index contributed by atoms with van der Waals surface area (Å²) in [6.07, 6.45) is 1.71. The summed E-state index contributed by atoms with van der Waals surface area (Å²) in [7, 11) is 0. The number of amides is 1. The molecule has 4 nitrogen and oxygen atoms in total. The first-order chi connectivity index (χ1) is 12.8. The van der Waals surface area contributed by atoms with Crippen LogP contribution in [0.5, 0.6) is 0 Å². The topological polar surface area (TPSA) is 57.8 Å². The number of para-hydroxylation sites is 1. The summed E-state index contributed by atoms with van der Waals surface area (Å²) in [5, 5.41) is 3.91. The maximum absolute atomic E-state index is 12.5. The first-order valence-corrected chi connectivity index (χ1v) is 8.20. The number of benzene rings is 2. The number of carbonyl (C=O) groups is 1. The van der Waals surface area contributed by atoms with Crippen molar-refractivity contribution >= 4 is 22.5 Å². The predicted molar refractivity (Wildman–Crippen MR) is 103 cm³/mol. The van der Waals surface area contributed by atoms with E-state index in [2.05, 4.69) is 27.1 Å². The Labute approximate surface area is 150 Å². The Kier molecular flexibility index (Phi) is 4.19. The Morgan fingerprint density at radius 3 is 2.65 bits per heavy atom. The van der Waals surface area contributed by atoms with Crippen LogP contribution >= 0.6 is 0 Å². The maximum atomic E-state index is 12.5. The number of H-pyrrole nitrogens is 1. The van der Waals surface area contributed by atoms with Crippen LogP contribution in [0.25, 0.3) is 10.9 Å². The molecule has 26 heavy (non-hydrogen) atoms. The van der Waals surface area contributed by atoms with Gasteiger partial charge in [0.05, 0.1) is 0 Å². The third-order valence-electron chi connectivity index (χ3n) is 3.89. The van der Waals surface area contributed by atoms with Gasteiger partial charge in [-0.05, 0) is 48.4 Å². The number of pyridine rings is 1. The first kappa shape index (κ1) is 15.7. The molecule has 4 rings (SSSR count). The summed E-state index contributed by atoms with van der Waals surface area (Å²) in [6, 6.07) is 22.7. The molecule has 0 bridgehead atoms. The molecule has 4 aromatic rings. The number of fused-ring (bicyclic) bond motifs is 1. The minimum absolute atomic E-state index is 0.184. The number of nitrogens with zero attached hydrogens (tertiary/aromatic N) is 1. The minimum Gasteiger partial charge on any atom is -0.351 e. The zero-order chi connectivity index (χ0) is 17.8. The van der Waals surface area contributed by atoms with Crippen LogP contribution in [0, 0.1) is 11.8 Å². The lowest BCUT2D eigenvalue weighted by Crippen LogP contribution is -2.12. The van der Waals surface area contributed by atoms with Crippen molar-refractivity contribution in [1.82, 2.24) is 9.97 Å². The molecule has 0 atom stereocenters. The third-order valence-corrected chi connectivity index (χ3v) is 3.89. The van der Waals surface area contributed by atoms with E-state index in [-0.39, 0.29) is 5.91 Å². The van der Waals surface area contributed by atoms with Gasteiger partial charge in [0.15, 0.2) is 0 Å². The lowest BCUT2D eigenvalue weighted by Gasteiger charge is -2.04. The molecule has 2 aromatic heterocycles. The van der Waals surface area contributed by atoms with Crippen LogP contribution in [-0.4, -0.2) is 15.9 Å². The molecule has 1 amide bonds. The van der Waals surface area contributed by atoms with Gasteiger partial charge in [0.25, 0.3) is 5.91 Å². The number of nitrogens with one attached hydrogen (secondary N) is 2. The van der Waals surface area contributed by atoms with Gasteiger partial charge in [-0.2, -0.15) is 0 Å². The van der Waals surface area contributed by atoms with Crippen molar-refractivity contribution in [1.29, 1.82) is 0 Å². The number of aromatic nitrogens is 2. The Hall–Kier alpha value is -3.84. The molecule has 0 aliphatic rings. The summed E-state index contributed by atoms with van der Waals surface area (Å²) < 4.78 is 0. The average molecular weight is 337 g/mol. The molecular weight excluding hydrogens is 322 g/mol. The number of anilines is 1. The van der Waals surface area contributed by atoms with Crippen LogP contribution in [0.3, 0.4) is 0 Å². The van der Waals surface area contributed by atoms with Gasteiger partial charge in [-0.25, -0.2) is 4.98 Å². The van der Waals surface area contributed by atoms with E-state index in [4.69, 9.17) is 0 Å². The highest BCUT2D eigenvalue weighted by Gasteiger charge is 2.09. The highest BCUT2D eigenvalue weighted by atomic mass is 16.1. The lowest BCUT2D eigenvalue weighted by atomic mass is 10.2. The van der Waals surface area contributed by atoms with E-state index in [1.54, 1.807) is 6.20 Å². The standard InChI is InChI=1S/C22H15N3O/c26-22(21-15-17-7-1-2-10-20(17)25-21)24-19-9-5-6-16(14-19)11-12-18-8-3-4-13-23-18/h1-10,13-15,25H,(H,24,26). The number of carbonyl (C=O) groups excluding carboxylic acids is 1. The Morgan fingerprint density at radius 2 is 1.81 bits per heavy atom. The van der Waals surface area contributed by atoms with Gasteiger partial charge in [0.2, 0.25) is 0 Å². The molecule has 2 N–H and O–H groups in total. The maximum Gasteiger partial charge on any atom is 0.272 e. The van der Waals surface area contributed by atoms with Crippen molar-refractivity contribution in [3.05, 3.63) is 95.9 Å². The molecule has 0 spiro atoms. The molecule has 0 unspecified atom stereocenters. The highest BCUT2D eigenvalue weighted by Crippen LogP contribution is 2.17. The zero-order valence-electron chi connectivity index (χ0n) is 13.9. The van der Waals surface area contributed by atoms with E-state index in [9.17, 15) is 4.79 Å². The van der Waals surface area contributed by atoms with Crippen molar-refractivity contribution in [2.24, 2.45) is 0 Å². The largest absolute Gasteiger partial charge is 0.351 e. The number of aromatic amines is 1. The third kappa shape index (κ3) is 3.47. The number of hydrogen-bond donors (Lipinski definition) is 2. The quantitative estimate of drug-likeness (QED) is 0.538.